The summed E-state index contributed by atoms with van der Waals surface area (Å²) in [5, 5.41) is 0. The molecular formula is C18H21F4N3O. The number of nitrogens with zero attached hydrogens (tertiary/aromatic N) is 3. The third-order valence-corrected chi connectivity index (χ3v) is 4.30. The quantitative estimate of drug-likeness (QED) is 0.694. The Hall–Kier alpha value is -1.93. The van der Waals surface area contributed by atoms with E-state index in [2.05, 4.69) is 4.98 Å². The highest BCUT2D eigenvalue weighted by atomic mass is 19.4. The van der Waals surface area contributed by atoms with Gasteiger partial charge in [0.2, 0.25) is 0 Å². The highest BCUT2D eigenvalue weighted by Crippen LogP contribution is 2.20. The first-order chi connectivity index (χ1) is 12.4. The number of ether oxygens (including phenoxy) is 1. The predicted octanol–water partition coefficient (Wildman–Crippen LogP) is 3.77. The molecule has 4 nitrogen and oxygen atoms in total. The summed E-state index contributed by atoms with van der Waals surface area (Å²) in [5.74, 6) is -0.00476. The Bertz CT molecular complexity index is 710. The van der Waals surface area contributed by atoms with E-state index < -0.39 is 12.7 Å². The lowest BCUT2D eigenvalue weighted by Gasteiger charge is -2.25. The second-order valence-electron chi connectivity index (χ2n) is 6.52. The minimum atomic E-state index is -4.31. The van der Waals surface area contributed by atoms with Crippen molar-refractivity contribution in [2.75, 3.05) is 13.2 Å². The highest BCUT2D eigenvalue weighted by molar-refractivity contribution is 5.16. The molecule has 1 aliphatic heterocycles. The molecule has 0 aliphatic carbocycles. The maximum absolute atomic E-state index is 13.5. The first-order valence-electron chi connectivity index (χ1n) is 8.54. The fourth-order valence-electron chi connectivity index (χ4n) is 3.18. The molecule has 3 rings (SSSR count). The third-order valence-electron chi connectivity index (χ3n) is 4.30. The fraction of sp³-hybridized carbons (Fsp3) is 0.500. The summed E-state index contributed by atoms with van der Waals surface area (Å²) in [5.41, 5.74) is 0.761. The molecule has 26 heavy (non-hydrogen) atoms. The number of alkyl halides is 3. The smallest absolute Gasteiger partial charge is 0.377 e. The number of benzene rings is 1. The molecule has 0 N–H and O–H groups in total. The van der Waals surface area contributed by atoms with E-state index in [1.54, 1.807) is 12.1 Å². The minimum absolute atomic E-state index is 0.0367. The zero-order valence-electron chi connectivity index (χ0n) is 14.3. The predicted molar refractivity (Wildman–Crippen MR) is 87.8 cm³/mol. The zero-order valence-corrected chi connectivity index (χ0v) is 14.3. The summed E-state index contributed by atoms with van der Waals surface area (Å²) in [6, 6.07) is 6.22. The normalized spacial score (nSPS) is 18.0. The van der Waals surface area contributed by atoms with Crippen molar-refractivity contribution in [2.24, 2.45) is 0 Å². The SMILES string of the molecule is Fc1cccc(CN(Cc2nccn2CC(F)(F)F)CC2CCCO2)c1. The Morgan fingerprint density at radius 2 is 2.12 bits per heavy atom. The van der Waals surface area contributed by atoms with Gasteiger partial charge >= 0.3 is 6.18 Å². The molecule has 1 fully saturated rings. The molecule has 1 unspecified atom stereocenters. The highest BCUT2D eigenvalue weighted by Gasteiger charge is 2.29. The Morgan fingerprint density at radius 1 is 1.27 bits per heavy atom. The van der Waals surface area contributed by atoms with E-state index in [1.807, 2.05) is 4.90 Å². The second-order valence-corrected chi connectivity index (χ2v) is 6.52. The van der Waals surface area contributed by atoms with E-state index in [1.165, 1.54) is 24.5 Å². The van der Waals surface area contributed by atoms with Gasteiger partial charge in [-0.1, -0.05) is 12.1 Å². The topological polar surface area (TPSA) is 30.3 Å². The Kier molecular flexibility index (Phi) is 5.93. The average Bonchev–Trinajstić information content (AvgIpc) is 3.18. The maximum Gasteiger partial charge on any atom is 0.406 e. The lowest BCUT2D eigenvalue weighted by atomic mass is 10.1. The first-order valence-corrected chi connectivity index (χ1v) is 8.54. The molecule has 2 aromatic rings. The third kappa shape index (κ3) is 5.54. The van der Waals surface area contributed by atoms with Crippen LogP contribution in [0.1, 0.15) is 24.2 Å². The van der Waals surface area contributed by atoms with Crippen molar-refractivity contribution in [3.05, 3.63) is 53.9 Å². The van der Waals surface area contributed by atoms with Crippen molar-refractivity contribution in [1.29, 1.82) is 0 Å². The Morgan fingerprint density at radius 3 is 2.81 bits per heavy atom. The van der Waals surface area contributed by atoms with Gasteiger partial charge in [-0.25, -0.2) is 9.37 Å². The number of aromatic nitrogens is 2. The number of halogens is 4. The largest absolute Gasteiger partial charge is 0.406 e. The van der Waals surface area contributed by atoms with Crippen LogP contribution in [0.5, 0.6) is 0 Å². The molecule has 0 radical (unpaired) electrons. The maximum atomic E-state index is 13.5. The van der Waals surface area contributed by atoms with Crippen molar-refractivity contribution in [1.82, 2.24) is 14.5 Å². The van der Waals surface area contributed by atoms with Gasteiger partial charge < -0.3 is 9.30 Å². The van der Waals surface area contributed by atoms with Crippen LogP contribution in [-0.4, -0.2) is 39.9 Å². The van der Waals surface area contributed by atoms with Crippen molar-refractivity contribution in [3.63, 3.8) is 0 Å². The monoisotopic (exact) mass is 371 g/mol. The van der Waals surface area contributed by atoms with Gasteiger partial charge in [-0.2, -0.15) is 13.2 Å². The molecule has 0 bridgehead atoms. The number of imidazole rings is 1. The number of rotatable bonds is 7. The van der Waals surface area contributed by atoms with E-state index in [0.717, 1.165) is 23.0 Å². The number of hydrogen-bond acceptors (Lipinski definition) is 3. The van der Waals surface area contributed by atoms with Crippen molar-refractivity contribution < 1.29 is 22.3 Å². The van der Waals surface area contributed by atoms with Gasteiger partial charge in [0, 0.05) is 32.1 Å². The molecule has 1 atom stereocenters. The summed E-state index contributed by atoms with van der Waals surface area (Å²) in [7, 11) is 0. The molecular weight excluding hydrogens is 350 g/mol. The minimum Gasteiger partial charge on any atom is -0.377 e. The number of hydrogen-bond donors (Lipinski definition) is 0. The summed E-state index contributed by atoms with van der Waals surface area (Å²) in [6.07, 6.45) is 0.312. The molecule has 1 aromatic heterocycles. The summed E-state index contributed by atoms with van der Waals surface area (Å²) in [4.78, 5) is 6.04. The van der Waals surface area contributed by atoms with E-state index in [-0.39, 0.29) is 18.5 Å². The standard InChI is InChI=1S/C18H21F4N3O/c19-15-4-1-3-14(9-15)10-24(11-16-5-2-8-26-16)12-17-23-6-7-25(17)13-18(20,21)22/h1,3-4,6-7,9,16H,2,5,8,10-13H2. The van der Waals surface area contributed by atoms with Crippen molar-refractivity contribution in [2.45, 2.75) is 44.8 Å². The van der Waals surface area contributed by atoms with Crippen LogP contribution >= 0.6 is 0 Å². The summed E-state index contributed by atoms with van der Waals surface area (Å²) >= 11 is 0. The van der Waals surface area contributed by atoms with Crippen LogP contribution in [-0.2, 0) is 24.4 Å². The van der Waals surface area contributed by atoms with Gasteiger partial charge in [-0.15, -0.1) is 0 Å². The van der Waals surface area contributed by atoms with Crippen LogP contribution < -0.4 is 0 Å². The molecule has 0 spiro atoms. The van der Waals surface area contributed by atoms with Crippen molar-refractivity contribution in [3.8, 4) is 0 Å². The molecule has 1 aliphatic rings. The lowest BCUT2D eigenvalue weighted by molar-refractivity contribution is -0.141. The van der Waals surface area contributed by atoms with Crippen LogP contribution in [0.25, 0.3) is 0 Å². The molecule has 0 saturated carbocycles. The Labute approximate surface area is 149 Å². The molecule has 2 heterocycles. The van der Waals surface area contributed by atoms with Gasteiger partial charge in [-0.05, 0) is 30.5 Å². The van der Waals surface area contributed by atoms with Crippen LogP contribution in [0, 0.1) is 5.82 Å². The van der Waals surface area contributed by atoms with Gasteiger partial charge in [-0.3, -0.25) is 4.90 Å². The molecule has 1 aromatic carbocycles. The summed E-state index contributed by atoms with van der Waals surface area (Å²) in [6.45, 7) is 0.836. The average molecular weight is 371 g/mol. The van der Waals surface area contributed by atoms with E-state index in [0.29, 0.717) is 25.5 Å². The van der Waals surface area contributed by atoms with Gasteiger partial charge in [0.1, 0.15) is 18.2 Å². The van der Waals surface area contributed by atoms with Gasteiger partial charge in [0.25, 0.3) is 0 Å². The van der Waals surface area contributed by atoms with E-state index in [4.69, 9.17) is 4.74 Å². The van der Waals surface area contributed by atoms with Gasteiger partial charge in [0.05, 0.1) is 12.6 Å². The summed E-state index contributed by atoms with van der Waals surface area (Å²) < 4.78 is 58.4. The molecule has 1 saturated heterocycles. The second kappa shape index (κ2) is 8.18. The van der Waals surface area contributed by atoms with Crippen molar-refractivity contribution >= 4 is 0 Å². The lowest BCUT2D eigenvalue weighted by Crippen LogP contribution is -2.33. The van der Waals surface area contributed by atoms with E-state index in [9.17, 15) is 17.6 Å². The molecule has 8 heteroatoms. The fourth-order valence-corrected chi connectivity index (χ4v) is 3.18. The molecule has 0 amide bonds. The first kappa shape index (κ1) is 18.8. The van der Waals surface area contributed by atoms with Crippen LogP contribution in [0.3, 0.4) is 0 Å². The van der Waals surface area contributed by atoms with Crippen LogP contribution in [0.2, 0.25) is 0 Å². The van der Waals surface area contributed by atoms with Gasteiger partial charge in [0.15, 0.2) is 0 Å². The Balaban J connectivity index is 1.74. The van der Waals surface area contributed by atoms with Crippen LogP contribution in [0.4, 0.5) is 17.6 Å². The molecule has 142 valence electrons. The zero-order chi connectivity index (χ0) is 18.6. The van der Waals surface area contributed by atoms with Crippen LogP contribution in [0.15, 0.2) is 36.7 Å². The van der Waals surface area contributed by atoms with E-state index >= 15 is 0 Å².